The van der Waals surface area contributed by atoms with E-state index >= 15 is 0 Å². The topological polar surface area (TPSA) is 21.3 Å². The van der Waals surface area contributed by atoms with Crippen molar-refractivity contribution in [3.8, 4) is 0 Å². The van der Waals surface area contributed by atoms with Gasteiger partial charge >= 0.3 is 0 Å². The van der Waals surface area contributed by atoms with Gasteiger partial charge in [0.2, 0.25) is 0 Å². The molecule has 0 radical (unpaired) electrons. The lowest BCUT2D eigenvalue weighted by molar-refractivity contribution is 0.0391. The molecule has 1 aliphatic rings. The normalized spacial score (nSPS) is 32.7. The smallest absolute Gasteiger partial charge is 0.0740 e. The molecule has 1 N–H and O–H groups in total. The van der Waals surface area contributed by atoms with E-state index in [0.717, 1.165) is 13.1 Å². The second-order valence-corrected chi connectivity index (χ2v) is 4.40. The zero-order valence-electron chi connectivity index (χ0n) is 7.98. The van der Waals surface area contributed by atoms with Gasteiger partial charge in [0.1, 0.15) is 0 Å². The van der Waals surface area contributed by atoms with Crippen LogP contribution in [0.25, 0.3) is 0 Å². The van der Waals surface area contributed by atoms with Crippen molar-refractivity contribution < 1.29 is 4.74 Å². The fourth-order valence-corrected chi connectivity index (χ4v) is 1.77. The van der Waals surface area contributed by atoms with E-state index in [1.54, 1.807) is 7.11 Å². The third kappa shape index (κ3) is 1.94. The summed E-state index contributed by atoms with van der Waals surface area (Å²) in [7, 11) is 1.80. The summed E-state index contributed by atoms with van der Waals surface area (Å²) in [6, 6.07) is 0. The van der Waals surface area contributed by atoms with Crippen molar-refractivity contribution >= 4 is 0 Å². The predicted octanol–water partition coefficient (Wildman–Crippen LogP) is 1.27. The largest absolute Gasteiger partial charge is 0.380 e. The van der Waals surface area contributed by atoms with Gasteiger partial charge in [-0.05, 0) is 5.41 Å². The van der Waals surface area contributed by atoms with E-state index in [1.807, 2.05) is 0 Å². The lowest BCUT2D eigenvalue weighted by atomic mass is 9.79. The van der Waals surface area contributed by atoms with Gasteiger partial charge in [-0.15, -0.1) is 0 Å². The van der Waals surface area contributed by atoms with Crippen LogP contribution in [0.5, 0.6) is 0 Å². The molecule has 2 atom stereocenters. The Kier molecular flexibility index (Phi) is 2.55. The van der Waals surface area contributed by atoms with E-state index in [-0.39, 0.29) is 0 Å². The highest BCUT2D eigenvalue weighted by atomic mass is 16.5. The minimum atomic E-state index is 0.365. The van der Waals surface area contributed by atoms with Crippen LogP contribution in [0.3, 0.4) is 0 Å². The third-order valence-corrected chi connectivity index (χ3v) is 2.57. The van der Waals surface area contributed by atoms with Gasteiger partial charge in [-0.3, -0.25) is 0 Å². The molecule has 0 aromatic carbocycles. The summed E-state index contributed by atoms with van der Waals surface area (Å²) in [6.07, 6.45) is 0.412. The molecule has 66 valence electrons. The van der Waals surface area contributed by atoms with Crippen LogP contribution in [-0.2, 0) is 4.74 Å². The van der Waals surface area contributed by atoms with Crippen LogP contribution in [0, 0.1) is 11.3 Å². The SMILES string of the molecule is COC1CNCC1C(C)(C)C. The average molecular weight is 157 g/mol. The number of nitrogens with one attached hydrogen (secondary N) is 1. The second-order valence-electron chi connectivity index (χ2n) is 4.40. The highest BCUT2D eigenvalue weighted by Crippen LogP contribution is 2.31. The van der Waals surface area contributed by atoms with Gasteiger partial charge in [-0.1, -0.05) is 20.8 Å². The van der Waals surface area contributed by atoms with Gasteiger partial charge in [0, 0.05) is 26.1 Å². The molecule has 11 heavy (non-hydrogen) atoms. The maximum Gasteiger partial charge on any atom is 0.0740 e. The summed E-state index contributed by atoms with van der Waals surface area (Å²) in [5, 5.41) is 3.35. The average Bonchev–Trinajstić information content (AvgIpc) is 2.31. The molecule has 1 rings (SSSR count). The number of hydrogen-bond acceptors (Lipinski definition) is 2. The Morgan fingerprint density at radius 3 is 2.27 bits per heavy atom. The van der Waals surface area contributed by atoms with Crippen molar-refractivity contribution in [1.29, 1.82) is 0 Å². The van der Waals surface area contributed by atoms with Gasteiger partial charge in [0.05, 0.1) is 6.10 Å². The number of hydrogen-bond donors (Lipinski definition) is 1. The Morgan fingerprint density at radius 2 is 1.91 bits per heavy atom. The lowest BCUT2D eigenvalue weighted by Crippen LogP contribution is -2.32. The van der Waals surface area contributed by atoms with Crippen molar-refractivity contribution in [3.63, 3.8) is 0 Å². The molecule has 1 aliphatic heterocycles. The van der Waals surface area contributed by atoms with Crippen LogP contribution < -0.4 is 5.32 Å². The van der Waals surface area contributed by atoms with Crippen LogP contribution in [0.2, 0.25) is 0 Å². The van der Waals surface area contributed by atoms with Crippen LogP contribution in [0.15, 0.2) is 0 Å². The van der Waals surface area contributed by atoms with E-state index in [0.29, 0.717) is 17.4 Å². The molecule has 2 unspecified atom stereocenters. The molecule has 1 fully saturated rings. The van der Waals surface area contributed by atoms with Crippen molar-refractivity contribution in [2.45, 2.75) is 26.9 Å². The first kappa shape index (κ1) is 9.01. The third-order valence-electron chi connectivity index (χ3n) is 2.57. The Labute approximate surface area is 69.3 Å². The first-order valence-corrected chi connectivity index (χ1v) is 4.29. The van der Waals surface area contributed by atoms with Crippen molar-refractivity contribution in [1.82, 2.24) is 5.32 Å². The first-order valence-electron chi connectivity index (χ1n) is 4.29. The molecule has 0 amide bonds. The van der Waals surface area contributed by atoms with Crippen LogP contribution >= 0.6 is 0 Å². The van der Waals surface area contributed by atoms with Crippen LogP contribution in [0.1, 0.15) is 20.8 Å². The lowest BCUT2D eigenvalue weighted by Gasteiger charge is -2.30. The Hall–Kier alpha value is -0.0800. The highest BCUT2D eigenvalue weighted by molar-refractivity contribution is 4.89. The molecular weight excluding hydrogens is 138 g/mol. The molecule has 0 aliphatic carbocycles. The predicted molar refractivity (Wildman–Crippen MR) is 46.6 cm³/mol. The number of ether oxygens (including phenoxy) is 1. The molecule has 1 heterocycles. The number of rotatable bonds is 1. The van der Waals surface area contributed by atoms with Gasteiger partial charge in [-0.25, -0.2) is 0 Å². The Bertz CT molecular complexity index is 128. The van der Waals surface area contributed by atoms with Crippen LogP contribution in [-0.4, -0.2) is 26.3 Å². The highest BCUT2D eigenvalue weighted by Gasteiger charge is 2.35. The second kappa shape index (κ2) is 3.11. The van der Waals surface area contributed by atoms with Gasteiger partial charge in [-0.2, -0.15) is 0 Å². The van der Waals surface area contributed by atoms with E-state index < -0.39 is 0 Å². The minimum absolute atomic E-state index is 0.365. The summed E-state index contributed by atoms with van der Waals surface area (Å²) in [5.41, 5.74) is 0.365. The summed E-state index contributed by atoms with van der Waals surface area (Å²) in [4.78, 5) is 0. The fourth-order valence-electron chi connectivity index (χ4n) is 1.77. The van der Waals surface area contributed by atoms with Gasteiger partial charge in [0.25, 0.3) is 0 Å². The maximum atomic E-state index is 5.39. The number of methoxy groups -OCH3 is 1. The van der Waals surface area contributed by atoms with Crippen LogP contribution in [0.4, 0.5) is 0 Å². The molecule has 0 aromatic rings. The first-order chi connectivity index (χ1) is 5.05. The quantitative estimate of drug-likeness (QED) is 0.619. The zero-order valence-corrected chi connectivity index (χ0v) is 7.98. The molecule has 1 saturated heterocycles. The van der Waals surface area contributed by atoms with Gasteiger partial charge < -0.3 is 10.1 Å². The maximum absolute atomic E-state index is 5.39. The summed E-state index contributed by atoms with van der Waals surface area (Å²) < 4.78 is 5.39. The van der Waals surface area contributed by atoms with E-state index in [4.69, 9.17) is 4.74 Å². The van der Waals surface area contributed by atoms with Crippen molar-refractivity contribution in [2.75, 3.05) is 20.2 Å². The molecule has 2 heteroatoms. The standard InChI is InChI=1S/C9H19NO/c1-9(2,3)7-5-10-6-8(7)11-4/h7-8,10H,5-6H2,1-4H3. The van der Waals surface area contributed by atoms with E-state index in [1.165, 1.54) is 0 Å². The van der Waals surface area contributed by atoms with Crippen molar-refractivity contribution in [3.05, 3.63) is 0 Å². The molecular formula is C9H19NO. The zero-order chi connectivity index (χ0) is 8.48. The molecule has 0 spiro atoms. The monoisotopic (exact) mass is 157 g/mol. The summed E-state index contributed by atoms with van der Waals surface area (Å²) in [5.74, 6) is 0.660. The van der Waals surface area contributed by atoms with E-state index in [2.05, 4.69) is 26.1 Å². The fraction of sp³-hybridized carbons (Fsp3) is 1.00. The molecule has 2 nitrogen and oxygen atoms in total. The molecule has 0 aromatic heterocycles. The summed E-state index contributed by atoms with van der Waals surface area (Å²) >= 11 is 0. The summed E-state index contributed by atoms with van der Waals surface area (Å²) in [6.45, 7) is 8.94. The van der Waals surface area contributed by atoms with Gasteiger partial charge in [0.15, 0.2) is 0 Å². The Morgan fingerprint density at radius 1 is 1.27 bits per heavy atom. The molecule has 0 bridgehead atoms. The minimum Gasteiger partial charge on any atom is -0.380 e. The van der Waals surface area contributed by atoms with Crippen molar-refractivity contribution in [2.24, 2.45) is 11.3 Å². The Balaban J connectivity index is 2.57. The molecule has 0 saturated carbocycles. The van der Waals surface area contributed by atoms with E-state index in [9.17, 15) is 0 Å².